The summed E-state index contributed by atoms with van der Waals surface area (Å²) in [6.07, 6.45) is 3.56. The maximum atomic E-state index is 5.95. The highest BCUT2D eigenvalue weighted by Gasteiger charge is 2.33. The summed E-state index contributed by atoms with van der Waals surface area (Å²) < 4.78 is 5.95. The lowest BCUT2D eigenvalue weighted by atomic mass is 9.93. The van der Waals surface area contributed by atoms with Crippen LogP contribution in [0.2, 0.25) is 0 Å². The molecule has 0 aromatic heterocycles. The maximum Gasteiger partial charge on any atom is 0.145 e. The summed E-state index contributed by atoms with van der Waals surface area (Å²) in [6.45, 7) is 3.86. The van der Waals surface area contributed by atoms with Gasteiger partial charge in [0.15, 0.2) is 0 Å². The molecule has 1 heterocycles. The minimum absolute atomic E-state index is 0.228. The Labute approximate surface area is 91.6 Å². The fourth-order valence-corrected chi connectivity index (χ4v) is 2.28. The lowest BCUT2D eigenvalue weighted by Gasteiger charge is -2.38. The van der Waals surface area contributed by atoms with E-state index in [4.69, 9.17) is 4.74 Å². The molecule has 1 unspecified atom stereocenters. The molecule has 0 radical (unpaired) electrons. The molecule has 1 aromatic rings. The van der Waals surface area contributed by atoms with Crippen LogP contribution >= 0.6 is 0 Å². The van der Waals surface area contributed by atoms with Gasteiger partial charge in [0.1, 0.15) is 5.72 Å². The van der Waals surface area contributed by atoms with Crippen molar-refractivity contribution in [3.8, 4) is 0 Å². The van der Waals surface area contributed by atoms with Crippen molar-refractivity contribution < 1.29 is 4.74 Å². The van der Waals surface area contributed by atoms with Crippen molar-refractivity contribution in [3.05, 3.63) is 35.9 Å². The first kappa shape index (κ1) is 10.7. The number of hydrogen-bond acceptors (Lipinski definition) is 2. The first-order chi connectivity index (χ1) is 7.37. The molecule has 15 heavy (non-hydrogen) atoms. The molecule has 0 aliphatic carbocycles. The van der Waals surface area contributed by atoms with Crippen LogP contribution in [0, 0.1) is 0 Å². The second-order valence-electron chi connectivity index (χ2n) is 4.01. The third-order valence-corrected chi connectivity index (χ3v) is 3.00. The van der Waals surface area contributed by atoms with E-state index in [0.717, 1.165) is 19.6 Å². The second-order valence-corrected chi connectivity index (χ2v) is 4.01. The van der Waals surface area contributed by atoms with Crippen molar-refractivity contribution in [3.63, 3.8) is 0 Å². The number of ether oxygens (including phenoxy) is 1. The van der Waals surface area contributed by atoms with Crippen molar-refractivity contribution in [2.24, 2.45) is 0 Å². The van der Waals surface area contributed by atoms with Crippen molar-refractivity contribution >= 4 is 0 Å². The van der Waals surface area contributed by atoms with Gasteiger partial charge < -0.3 is 4.74 Å². The van der Waals surface area contributed by atoms with Gasteiger partial charge in [0, 0.05) is 6.61 Å². The zero-order chi connectivity index (χ0) is 10.6. The summed E-state index contributed by atoms with van der Waals surface area (Å²) in [6, 6.07) is 10.5. The van der Waals surface area contributed by atoms with Crippen molar-refractivity contribution in [2.45, 2.75) is 31.9 Å². The topological polar surface area (TPSA) is 21.3 Å². The van der Waals surface area contributed by atoms with Crippen LogP contribution in [0.15, 0.2) is 30.3 Å². The Morgan fingerprint density at radius 1 is 1.27 bits per heavy atom. The molecule has 1 aliphatic rings. The zero-order valence-electron chi connectivity index (χ0n) is 9.33. The highest BCUT2D eigenvalue weighted by Crippen LogP contribution is 2.31. The van der Waals surface area contributed by atoms with E-state index in [2.05, 4.69) is 36.5 Å². The molecule has 0 bridgehead atoms. The Morgan fingerprint density at radius 2 is 2.07 bits per heavy atom. The summed E-state index contributed by atoms with van der Waals surface area (Å²) in [7, 11) is 0. The van der Waals surface area contributed by atoms with Gasteiger partial charge >= 0.3 is 0 Å². The highest BCUT2D eigenvalue weighted by atomic mass is 16.5. The van der Waals surface area contributed by atoms with Crippen LogP contribution in [0.1, 0.15) is 31.7 Å². The lowest BCUT2D eigenvalue weighted by molar-refractivity contribution is -0.0890. The van der Waals surface area contributed by atoms with Gasteiger partial charge in [0.05, 0.1) is 0 Å². The predicted molar refractivity (Wildman–Crippen MR) is 61.6 cm³/mol. The van der Waals surface area contributed by atoms with Crippen LogP contribution in [0.5, 0.6) is 0 Å². The standard InChI is InChI=1S/C13H19NO/c1-2-15-13(10-6-7-11-14-13)12-8-4-3-5-9-12/h3-5,8-9,14H,2,6-7,10-11H2,1H3. The molecular weight excluding hydrogens is 186 g/mol. The van der Waals surface area contributed by atoms with Crippen molar-refractivity contribution in [1.82, 2.24) is 5.32 Å². The molecule has 1 aliphatic heterocycles. The summed E-state index contributed by atoms with van der Waals surface area (Å²) in [5.41, 5.74) is 1.03. The monoisotopic (exact) mass is 205 g/mol. The van der Waals surface area contributed by atoms with E-state index in [0.29, 0.717) is 0 Å². The number of nitrogens with one attached hydrogen (secondary N) is 1. The third kappa shape index (κ3) is 2.21. The fraction of sp³-hybridized carbons (Fsp3) is 0.538. The molecular formula is C13H19NO. The molecule has 1 N–H and O–H groups in total. The molecule has 0 amide bonds. The fourth-order valence-electron chi connectivity index (χ4n) is 2.28. The smallest absolute Gasteiger partial charge is 0.145 e. The van der Waals surface area contributed by atoms with Crippen molar-refractivity contribution in [2.75, 3.05) is 13.2 Å². The van der Waals surface area contributed by atoms with Gasteiger partial charge in [-0.05, 0) is 38.3 Å². The van der Waals surface area contributed by atoms with E-state index in [1.165, 1.54) is 18.4 Å². The summed E-state index contributed by atoms with van der Waals surface area (Å²) in [5.74, 6) is 0. The van der Waals surface area contributed by atoms with E-state index >= 15 is 0 Å². The zero-order valence-corrected chi connectivity index (χ0v) is 9.33. The molecule has 2 rings (SSSR count). The largest absolute Gasteiger partial charge is 0.357 e. The molecule has 1 aromatic carbocycles. The van der Waals surface area contributed by atoms with Gasteiger partial charge in [-0.15, -0.1) is 0 Å². The normalized spacial score (nSPS) is 26.5. The number of hydrogen-bond donors (Lipinski definition) is 1. The number of rotatable bonds is 3. The van der Waals surface area contributed by atoms with E-state index < -0.39 is 0 Å². The lowest BCUT2D eigenvalue weighted by Crippen LogP contribution is -2.48. The van der Waals surface area contributed by atoms with E-state index in [-0.39, 0.29) is 5.72 Å². The third-order valence-electron chi connectivity index (χ3n) is 3.00. The molecule has 1 fully saturated rings. The van der Waals surface area contributed by atoms with Crippen LogP contribution in [0.25, 0.3) is 0 Å². The van der Waals surface area contributed by atoms with Gasteiger partial charge in [0.25, 0.3) is 0 Å². The van der Waals surface area contributed by atoms with Gasteiger partial charge in [-0.1, -0.05) is 30.3 Å². The Bertz CT molecular complexity index is 285. The second kappa shape index (κ2) is 4.77. The number of benzene rings is 1. The Balaban J connectivity index is 2.25. The number of piperidine rings is 1. The Morgan fingerprint density at radius 3 is 2.67 bits per heavy atom. The van der Waals surface area contributed by atoms with E-state index in [9.17, 15) is 0 Å². The predicted octanol–water partition coefficient (Wildman–Crippen LogP) is 2.65. The average Bonchev–Trinajstić information content (AvgIpc) is 2.32. The van der Waals surface area contributed by atoms with Crippen LogP contribution in [-0.4, -0.2) is 13.2 Å². The maximum absolute atomic E-state index is 5.95. The first-order valence-electron chi connectivity index (χ1n) is 5.82. The van der Waals surface area contributed by atoms with Crippen LogP contribution in [0.3, 0.4) is 0 Å². The molecule has 2 nitrogen and oxygen atoms in total. The van der Waals surface area contributed by atoms with Gasteiger partial charge in [-0.25, -0.2) is 0 Å². The molecule has 1 saturated heterocycles. The quantitative estimate of drug-likeness (QED) is 0.819. The molecule has 0 spiro atoms. The van der Waals surface area contributed by atoms with E-state index in [1.807, 2.05) is 6.07 Å². The minimum atomic E-state index is -0.228. The minimum Gasteiger partial charge on any atom is -0.357 e. The van der Waals surface area contributed by atoms with Crippen LogP contribution in [-0.2, 0) is 10.5 Å². The van der Waals surface area contributed by atoms with Crippen LogP contribution < -0.4 is 5.32 Å². The van der Waals surface area contributed by atoms with Crippen LogP contribution in [0.4, 0.5) is 0 Å². The summed E-state index contributed by atoms with van der Waals surface area (Å²) in [5, 5.41) is 3.53. The van der Waals surface area contributed by atoms with Gasteiger partial charge in [0.2, 0.25) is 0 Å². The van der Waals surface area contributed by atoms with E-state index in [1.54, 1.807) is 0 Å². The van der Waals surface area contributed by atoms with Gasteiger partial charge in [-0.2, -0.15) is 0 Å². The average molecular weight is 205 g/mol. The van der Waals surface area contributed by atoms with Gasteiger partial charge in [-0.3, -0.25) is 5.32 Å². The molecule has 1 atom stereocenters. The highest BCUT2D eigenvalue weighted by molar-refractivity contribution is 5.22. The first-order valence-corrected chi connectivity index (χ1v) is 5.82. The summed E-state index contributed by atoms with van der Waals surface area (Å²) in [4.78, 5) is 0. The molecule has 82 valence electrons. The summed E-state index contributed by atoms with van der Waals surface area (Å²) >= 11 is 0. The molecule has 2 heteroatoms. The SMILES string of the molecule is CCOC1(c2ccccc2)CCCCN1. The molecule has 0 saturated carbocycles. The van der Waals surface area contributed by atoms with Crippen molar-refractivity contribution in [1.29, 1.82) is 0 Å². The Hall–Kier alpha value is -0.860. The Kier molecular flexibility index (Phi) is 3.39.